The Morgan fingerprint density at radius 2 is 2.06 bits per heavy atom. The second kappa shape index (κ2) is 8.12. The number of rotatable bonds is 4. The third kappa shape index (κ3) is 3.73. The fourth-order valence-electron chi connectivity index (χ4n) is 4.01. The highest BCUT2D eigenvalue weighted by molar-refractivity contribution is 6.30. The van der Waals surface area contributed by atoms with E-state index in [1.54, 1.807) is 40.2 Å². The van der Waals surface area contributed by atoms with E-state index in [1.165, 1.54) is 0 Å². The van der Waals surface area contributed by atoms with Crippen LogP contribution in [0.25, 0.3) is 16.6 Å². The third-order valence-corrected chi connectivity index (χ3v) is 5.71. The van der Waals surface area contributed by atoms with Gasteiger partial charge in [0.1, 0.15) is 11.6 Å². The minimum absolute atomic E-state index is 0.162. The molecule has 1 aliphatic rings. The van der Waals surface area contributed by atoms with Crippen molar-refractivity contribution in [2.45, 2.75) is 19.9 Å². The van der Waals surface area contributed by atoms with Crippen molar-refractivity contribution in [3.8, 4) is 0 Å². The minimum atomic E-state index is -0.228. The normalized spacial score (nSPS) is 14.1. The molecular formula is C23H20ClN5O3. The van der Waals surface area contributed by atoms with Gasteiger partial charge in [-0.15, -0.1) is 0 Å². The van der Waals surface area contributed by atoms with E-state index in [0.717, 1.165) is 11.2 Å². The number of hydrogen-bond donors (Lipinski definition) is 0. The predicted octanol–water partition coefficient (Wildman–Crippen LogP) is 3.58. The number of carbonyl (C=O) groups is 1. The predicted molar refractivity (Wildman–Crippen MR) is 121 cm³/mol. The van der Waals surface area contributed by atoms with E-state index >= 15 is 0 Å². The lowest BCUT2D eigenvalue weighted by molar-refractivity contribution is 0.0738. The van der Waals surface area contributed by atoms with Crippen LogP contribution in [0.5, 0.6) is 0 Å². The number of furan rings is 1. The van der Waals surface area contributed by atoms with Gasteiger partial charge >= 0.3 is 0 Å². The Bertz CT molecular complexity index is 1410. The van der Waals surface area contributed by atoms with Crippen LogP contribution in [0.3, 0.4) is 0 Å². The first kappa shape index (κ1) is 20.3. The molecule has 1 aliphatic heterocycles. The highest BCUT2D eigenvalue weighted by Gasteiger charge is 2.23. The summed E-state index contributed by atoms with van der Waals surface area (Å²) in [6, 6.07) is 10.9. The van der Waals surface area contributed by atoms with Crippen molar-refractivity contribution in [2.24, 2.45) is 0 Å². The van der Waals surface area contributed by atoms with Gasteiger partial charge in [-0.05, 0) is 37.3 Å². The minimum Gasteiger partial charge on any atom is -0.454 e. The SMILES string of the molecule is Cc1nc(=O)c2ccccc2n1C1=CCN(C(=O)c2ccc(Cn3cc(Cl)cn3)o2)CC1. The molecule has 1 aromatic carbocycles. The van der Waals surface area contributed by atoms with Crippen molar-refractivity contribution < 1.29 is 9.21 Å². The van der Waals surface area contributed by atoms with E-state index in [2.05, 4.69) is 10.1 Å². The maximum Gasteiger partial charge on any atom is 0.289 e. The Balaban J connectivity index is 1.35. The van der Waals surface area contributed by atoms with Crippen LogP contribution in [-0.2, 0) is 6.54 Å². The number of aromatic nitrogens is 4. The van der Waals surface area contributed by atoms with Gasteiger partial charge < -0.3 is 13.9 Å². The molecule has 0 spiro atoms. The molecule has 3 aromatic heterocycles. The fraction of sp³-hybridized carbons (Fsp3) is 0.217. The van der Waals surface area contributed by atoms with Crippen molar-refractivity contribution >= 4 is 34.1 Å². The zero-order valence-electron chi connectivity index (χ0n) is 17.4. The molecule has 9 heteroatoms. The molecule has 0 N–H and O–H groups in total. The second-order valence-corrected chi connectivity index (χ2v) is 8.07. The Kier molecular flexibility index (Phi) is 5.14. The third-order valence-electron chi connectivity index (χ3n) is 5.51. The molecular weight excluding hydrogens is 430 g/mol. The van der Waals surface area contributed by atoms with Crippen LogP contribution < -0.4 is 5.56 Å². The molecule has 8 nitrogen and oxygen atoms in total. The Morgan fingerprint density at radius 1 is 1.22 bits per heavy atom. The van der Waals surface area contributed by atoms with Crippen molar-refractivity contribution in [1.82, 2.24) is 24.2 Å². The number of carbonyl (C=O) groups excluding carboxylic acids is 1. The summed E-state index contributed by atoms with van der Waals surface area (Å²) in [5, 5.41) is 5.25. The molecule has 0 radical (unpaired) electrons. The van der Waals surface area contributed by atoms with E-state index < -0.39 is 0 Å². The molecule has 5 rings (SSSR count). The average molecular weight is 450 g/mol. The molecule has 0 saturated carbocycles. The van der Waals surface area contributed by atoms with Crippen LogP contribution in [-0.4, -0.2) is 43.2 Å². The number of benzene rings is 1. The van der Waals surface area contributed by atoms with Gasteiger partial charge in [0.15, 0.2) is 5.76 Å². The summed E-state index contributed by atoms with van der Waals surface area (Å²) < 4.78 is 9.40. The molecule has 0 fully saturated rings. The number of amides is 1. The van der Waals surface area contributed by atoms with Crippen LogP contribution in [0.1, 0.15) is 28.6 Å². The van der Waals surface area contributed by atoms with E-state index in [4.69, 9.17) is 16.0 Å². The van der Waals surface area contributed by atoms with Gasteiger partial charge in [-0.3, -0.25) is 14.3 Å². The fourth-order valence-corrected chi connectivity index (χ4v) is 4.16. The lowest BCUT2D eigenvalue weighted by Gasteiger charge is -2.27. The van der Waals surface area contributed by atoms with E-state index in [0.29, 0.717) is 53.8 Å². The zero-order chi connectivity index (χ0) is 22.2. The maximum atomic E-state index is 12.9. The number of nitrogens with zero attached hydrogens (tertiary/aromatic N) is 5. The molecule has 32 heavy (non-hydrogen) atoms. The van der Waals surface area contributed by atoms with Crippen molar-refractivity contribution in [2.75, 3.05) is 13.1 Å². The Morgan fingerprint density at radius 3 is 2.81 bits per heavy atom. The summed E-state index contributed by atoms with van der Waals surface area (Å²) >= 11 is 5.89. The Hall–Kier alpha value is -3.65. The zero-order valence-corrected chi connectivity index (χ0v) is 18.1. The number of halogens is 1. The van der Waals surface area contributed by atoms with Crippen LogP contribution in [0.2, 0.25) is 5.02 Å². The van der Waals surface area contributed by atoms with Crippen LogP contribution in [0.15, 0.2) is 64.1 Å². The molecule has 0 saturated heterocycles. The topological polar surface area (TPSA) is 86.2 Å². The van der Waals surface area contributed by atoms with E-state index in [1.807, 2.05) is 35.8 Å². The lowest BCUT2D eigenvalue weighted by atomic mass is 10.1. The molecule has 1 amide bonds. The monoisotopic (exact) mass is 449 g/mol. The summed E-state index contributed by atoms with van der Waals surface area (Å²) in [6.07, 6.45) is 5.89. The number of para-hydroxylation sites is 1. The summed E-state index contributed by atoms with van der Waals surface area (Å²) in [5.41, 5.74) is 1.62. The quantitative estimate of drug-likeness (QED) is 0.475. The standard InChI is InChI=1S/C23H20ClN5O3/c1-15-26-22(30)19-4-2-3-5-20(19)29(15)17-8-10-27(11-9-17)23(31)21-7-6-18(32-21)14-28-13-16(24)12-25-28/h2-8,12-13H,9-11,14H2,1H3. The molecule has 4 heterocycles. The second-order valence-electron chi connectivity index (χ2n) is 7.64. The van der Waals surface area contributed by atoms with Gasteiger partial charge in [-0.1, -0.05) is 23.7 Å². The first-order valence-electron chi connectivity index (χ1n) is 10.2. The number of aryl methyl sites for hydroxylation is 1. The van der Waals surface area contributed by atoms with Gasteiger partial charge in [0.2, 0.25) is 0 Å². The van der Waals surface area contributed by atoms with Crippen molar-refractivity contribution in [3.63, 3.8) is 0 Å². The lowest BCUT2D eigenvalue weighted by Crippen LogP contribution is -2.35. The summed E-state index contributed by atoms with van der Waals surface area (Å²) in [7, 11) is 0. The molecule has 0 aliphatic carbocycles. The van der Waals surface area contributed by atoms with Gasteiger partial charge in [0, 0.05) is 31.4 Å². The summed E-state index contributed by atoms with van der Waals surface area (Å²) in [6.45, 7) is 3.20. The molecule has 4 aromatic rings. The van der Waals surface area contributed by atoms with E-state index in [-0.39, 0.29) is 11.5 Å². The highest BCUT2D eigenvalue weighted by atomic mass is 35.5. The first-order valence-corrected chi connectivity index (χ1v) is 10.6. The number of fused-ring (bicyclic) bond motifs is 1. The van der Waals surface area contributed by atoms with Crippen molar-refractivity contribution in [1.29, 1.82) is 0 Å². The molecule has 0 bridgehead atoms. The maximum absolute atomic E-state index is 12.9. The van der Waals surface area contributed by atoms with Crippen LogP contribution in [0, 0.1) is 6.92 Å². The van der Waals surface area contributed by atoms with Gasteiger partial charge in [0.05, 0.1) is 28.7 Å². The van der Waals surface area contributed by atoms with Gasteiger partial charge in [0.25, 0.3) is 11.5 Å². The summed E-state index contributed by atoms with van der Waals surface area (Å²) in [5.74, 6) is 1.39. The highest BCUT2D eigenvalue weighted by Crippen LogP contribution is 2.23. The summed E-state index contributed by atoms with van der Waals surface area (Å²) in [4.78, 5) is 31.1. The van der Waals surface area contributed by atoms with Gasteiger partial charge in [-0.2, -0.15) is 10.1 Å². The largest absolute Gasteiger partial charge is 0.454 e. The van der Waals surface area contributed by atoms with Crippen molar-refractivity contribution in [3.05, 3.63) is 87.6 Å². The molecule has 0 atom stereocenters. The Labute approximate surface area is 188 Å². The number of hydrogen-bond acceptors (Lipinski definition) is 5. The molecule has 162 valence electrons. The van der Waals surface area contributed by atoms with Crippen LogP contribution in [0.4, 0.5) is 0 Å². The van der Waals surface area contributed by atoms with Crippen LogP contribution >= 0.6 is 11.6 Å². The first-order chi connectivity index (χ1) is 15.5. The molecule has 0 unspecified atom stereocenters. The van der Waals surface area contributed by atoms with Gasteiger partial charge in [-0.25, -0.2) is 0 Å². The average Bonchev–Trinajstić information content (AvgIpc) is 3.43. The van der Waals surface area contributed by atoms with E-state index in [9.17, 15) is 9.59 Å². The smallest absolute Gasteiger partial charge is 0.289 e.